The Kier molecular flexibility index (Phi) is 3.39. The van der Waals surface area contributed by atoms with Crippen LogP contribution in [0.5, 0.6) is 0 Å². The number of aryl methyl sites for hydroxylation is 1. The van der Waals surface area contributed by atoms with Gasteiger partial charge in [0.1, 0.15) is 0 Å². The number of aromatic nitrogens is 2. The minimum absolute atomic E-state index is 0.333. The molecule has 0 spiro atoms. The van der Waals surface area contributed by atoms with Gasteiger partial charge in [0, 0.05) is 24.2 Å². The Labute approximate surface area is 129 Å². The number of nitrogens with zero attached hydrogens (tertiary/aromatic N) is 3. The molecule has 0 radical (unpaired) electrons. The zero-order chi connectivity index (χ0) is 14.9. The van der Waals surface area contributed by atoms with Crippen LogP contribution in [0.4, 0.5) is 0 Å². The minimum Gasteiger partial charge on any atom is -0.359 e. The van der Waals surface area contributed by atoms with E-state index in [0.717, 1.165) is 36.5 Å². The summed E-state index contributed by atoms with van der Waals surface area (Å²) in [7, 11) is 0. The average molecular weight is 293 g/mol. The Morgan fingerprint density at radius 2 is 2.18 bits per heavy atom. The molecular weight excluding hydrogens is 274 g/mol. The van der Waals surface area contributed by atoms with E-state index in [1.807, 2.05) is 19.2 Å². The molecule has 1 atom stereocenters. The lowest BCUT2D eigenvalue weighted by Crippen LogP contribution is -2.22. The van der Waals surface area contributed by atoms with Gasteiger partial charge >= 0.3 is 0 Å². The SMILES string of the molecule is Cc1cc(C2CCCN2Cc2cccc3cccnc23)on1. The minimum atomic E-state index is 0.333. The van der Waals surface area contributed by atoms with Gasteiger partial charge in [-0.05, 0) is 37.9 Å². The van der Waals surface area contributed by atoms with Crippen molar-refractivity contribution < 1.29 is 4.52 Å². The number of rotatable bonds is 3. The van der Waals surface area contributed by atoms with Crippen LogP contribution in [-0.2, 0) is 6.54 Å². The van der Waals surface area contributed by atoms with E-state index in [1.165, 1.54) is 17.4 Å². The molecule has 1 aromatic carbocycles. The second-order valence-electron chi connectivity index (χ2n) is 5.99. The molecule has 4 heteroatoms. The van der Waals surface area contributed by atoms with Crippen molar-refractivity contribution in [3.05, 3.63) is 59.6 Å². The zero-order valence-corrected chi connectivity index (χ0v) is 12.7. The summed E-state index contributed by atoms with van der Waals surface area (Å²) in [5.41, 5.74) is 3.33. The molecule has 4 nitrogen and oxygen atoms in total. The summed E-state index contributed by atoms with van der Waals surface area (Å²) in [5.74, 6) is 0.989. The van der Waals surface area contributed by atoms with Crippen LogP contribution in [0.1, 0.15) is 35.9 Å². The van der Waals surface area contributed by atoms with E-state index in [1.54, 1.807) is 0 Å². The van der Waals surface area contributed by atoms with Crippen molar-refractivity contribution >= 4 is 10.9 Å². The highest BCUT2D eigenvalue weighted by Crippen LogP contribution is 2.34. The highest BCUT2D eigenvalue weighted by Gasteiger charge is 2.29. The van der Waals surface area contributed by atoms with Gasteiger partial charge in [0.2, 0.25) is 0 Å². The van der Waals surface area contributed by atoms with Crippen LogP contribution in [-0.4, -0.2) is 21.6 Å². The molecule has 0 saturated carbocycles. The number of para-hydroxylation sites is 1. The van der Waals surface area contributed by atoms with E-state index >= 15 is 0 Å². The van der Waals surface area contributed by atoms with Gasteiger partial charge in [-0.15, -0.1) is 0 Å². The lowest BCUT2D eigenvalue weighted by Gasteiger charge is -2.22. The van der Waals surface area contributed by atoms with Crippen molar-refractivity contribution in [1.29, 1.82) is 0 Å². The van der Waals surface area contributed by atoms with Crippen LogP contribution in [0.25, 0.3) is 10.9 Å². The maximum Gasteiger partial charge on any atom is 0.154 e. The fourth-order valence-corrected chi connectivity index (χ4v) is 3.39. The first-order valence-electron chi connectivity index (χ1n) is 7.81. The number of hydrogen-bond acceptors (Lipinski definition) is 4. The Morgan fingerprint density at radius 3 is 3.05 bits per heavy atom. The molecule has 3 heterocycles. The molecule has 0 aliphatic carbocycles. The first-order chi connectivity index (χ1) is 10.8. The number of benzene rings is 1. The molecule has 1 fully saturated rings. The molecule has 0 amide bonds. The number of likely N-dealkylation sites (tertiary alicyclic amines) is 1. The molecule has 1 unspecified atom stereocenters. The largest absolute Gasteiger partial charge is 0.359 e. The van der Waals surface area contributed by atoms with Crippen molar-refractivity contribution in [1.82, 2.24) is 15.0 Å². The first kappa shape index (κ1) is 13.5. The van der Waals surface area contributed by atoms with E-state index in [4.69, 9.17) is 4.52 Å². The van der Waals surface area contributed by atoms with Crippen LogP contribution >= 0.6 is 0 Å². The van der Waals surface area contributed by atoms with Crippen molar-refractivity contribution in [2.75, 3.05) is 6.54 Å². The summed E-state index contributed by atoms with van der Waals surface area (Å²) in [6.07, 6.45) is 4.20. The molecule has 2 aromatic heterocycles. The van der Waals surface area contributed by atoms with Gasteiger partial charge in [-0.25, -0.2) is 0 Å². The van der Waals surface area contributed by atoms with Crippen molar-refractivity contribution in [3.8, 4) is 0 Å². The summed E-state index contributed by atoms with van der Waals surface area (Å²) in [6, 6.07) is 12.9. The number of fused-ring (bicyclic) bond motifs is 1. The standard InChI is InChI=1S/C18H19N3O/c1-13-11-17(22-20-13)16-8-4-10-21(16)12-15-6-2-5-14-7-3-9-19-18(14)15/h2-3,5-7,9,11,16H,4,8,10,12H2,1H3. The maximum atomic E-state index is 5.50. The van der Waals surface area contributed by atoms with Crippen LogP contribution in [0.3, 0.4) is 0 Å². The Balaban J connectivity index is 1.64. The summed E-state index contributed by atoms with van der Waals surface area (Å²) in [4.78, 5) is 7.04. The lowest BCUT2D eigenvalue weighted by atomic mass is 10.1. The van der Waals surface area contributed by atoms with Gasteiger partial charge in [-0.2, -0.15) is 0 Å². The van der Waals surface area contributed by atoms with Gasteiger partial charge < -0.3 is 4.52 Å². The normalized spacial score (nSPS) is 19.0. The third-order valence-electron chi connectivity index (χ3n) is 4.43. The van der Waals surface area contributed by atoms with Crippen molar-refractivity contribution in [2.24, 2.45) is 0 Å². The second-order valence-corrected chi connectivity index (χ2v) is 5.99. The Morgan fingerprint density at radius 1 is 1.27 bits per heavy atom. The number of pyridine rings is 1. The molecule has 0 bridgehead atoms. The highest BCUT2D eigenvalue weighted by molar-refractivity contribution is 5.81. The van der Waals surface area contributed by atoms with Gasteiger partial charge in [0.25, 0.3) is 0 Å². The molecule has 0 N–H and O–H groups in total. The third kappa shape index (κ3) is 2.40. The topological polar surface area (TPSA) is 42.2 Å². The highest BCUT2D eigenvalue weighted by atomic mass is 16.5. The molecule has 4 rings (SSSR count). The summed E-state index contributed by atoms with van der Waals surface area (Å²) >= 11 is 0. The fourth-order valence-electron chi connectivity index (χ4n) is 3.39. The summed E-state index contributed by atoms with van der Waals surface area (Å²) < 4.78 is 5.50. The zero-order valence-electron chi connectivity index (χ0n) is 12.7. The first-order valence-corrected chi connectivity index (χ1v) is 7.81. The van der Waals surface area contributed by atoms with Gasteiger partial charge in [-0.1, -0.05) is 29.4 Å². The fraction of sp³-hybridized carbons (Fsp3) is 0.333. The predicted molar refractivity (Wildman–Crippen MR) is 85.4 cm³/mol. The van der Waals surface area contributed by atoms with Crippen LogP contribution in [0.15, 0.2) is 47.1 Å². The lowest BCUT2D eigenvalue weighted by molar-refractivity contribution is 0.207. The molecule has 112 valence electrons. The Hall–Kier alpha value is -2.20. The third-order valence-corrected chi connectivity index (χ3v) is 4.43. The maximum absolute atomic E-state index is 5.50. The van der Waals surface area contributed by atoms with Gasteiger partial charge in [-0.3, -0.25) is 9.88 Å². The molecule has 3 aromatic rings. The number of hydrogen-bond donors (Lipinski definition) is 0. The molecule has 1 aliphatic heterocycles. The summed E-state index contributed by atoms with van der Waals surface area (Å²) in [6.45, 7) is 3.97. The Bertz CT molecular complexity index is 790. The van der Waals surface area contributed by atoms with Gasteiger partial charge in [0.15, 0.2) is 5.76 Å². The second kappa shape index (κ2) is 5.54. The van der Waals surface area contributed by atoms with E-state index in [2.05, 4.69) is 45.4 Å². The van der Waals surface area contributed by atoms with Crippen molar-refractivity contribution in [2.45, 2.75) is 32.4 Å². The molecular formula is C18H19N3O. The predicted octanol–water partition coefficient (Wildman–Crippen LogP) is 3.87. The van der Waals surface area contributed by atoms with E-state index in [0.29, 0.717) is 6.04 Å². The quantitative estimate of drug-likeness (QED) is 0.735. The molecule has 1 saturated heterocycles. The van der Waals surface area contributed by atoms with Gasteiger partial charge in [0.05, 0.1) is 17.3 Å². The smallest absolute Gasteiger partial charge is 0.154 e. The van der Waals surface area contributed by atoms with Crippen LogP contribution < -0.4 is 0 Å². The van der Waals surface area contributed by atoms with E-state index in [-0.39, 0.29) is 0 Å². The van der Waals surface area contributed by atoms with E-state index in [9.17, 15) is 0 Å². The summed E-state index contributed by atoms with van der Waals surface area (Å²) in [5, 5.41) is 5.24. The van der Waals surface area contributed by atoms with Crippen LogP contribution in [0, 0.1) is 6.92 Å². The molecule has 1 aliphatic rings. The monoisotopic (exact) mass is 293 g/mol. The molecule has 22 heavy (non-hydrogen) atoms. The van der Waals surface area contributed by atoms with E-state index < -0.39 is 0 Å². The van der Waals surface area contributed by atoms with Crippen LogP contribution in [0.2, 0.25) is 0 Å². The van der Waals surface area contributed by atoms with Crippen molar-refractivity contribution in [3.63, 3.8) is 0 Å². The average Bonchev–Trinajstić information content (AvgIpc) is 3.16.